The van der Waals surface area contributed by atoms with E-state index in [1.54, 1.807) is 0 Å². The summed E-state index contributed by atoms with van der Waals surface area (Å²) in [6.45, 7) is -1.93. The largest absolute Gasteiger partial charge is 0.479 e. The molecule has 4 nitrogen and oxygen atoms in total. The molecule has 1 rings (SSSR count). The van der Waals surface area contributed by atoms with Crippen LogP contribution in [-0.2, 0) is 4.79 Å². The van der Waals surface area contributed by atoms with Gasteiger partial charge in [0.15, 0.2) is 6.10 Å². The molecule has 2 N–H and O–H groups in total. The van der Waals surface area contributed by atoms with Crippen LogP contribution in [0.4, 0.5) is 13.2 Å². The monoisotopic (exact) mass is 250 g/mol. The summed E-state index contributed by atoms with van der Waals surface area (Å²) in [6.07, 6.45) is -2.13. The van der Waals surface area contributed by atoms with Gasteiger partial charge in [-0.25, -0.2) is 9.18 Å². The molecular weight excluding hydrogens is 241 g/mol. The summed E-state index contributed by atoms with van der Waals surface area (Å²) in [6, 6.07) is 1.70. The normalized spacial score (nSPS) is 12.6. The van der Waals surface area contributed by atoms with Crippen molar-refractivity contribution in [2.45, 2.75) is 19.6 Å². The number of carboxylic acids is 1. The summed E-state index contributed by atoms with van der Waals surface area (Å²) < 4.78 is 41.4. The molecule has 0 aromatic heterocycles. The Labute approximate surface area is 94.3 Å². The van der Waals surface area contributed by atoms with Crippen LogP contribution in [0.15, 0.2) is 12.1 Å². The Morgan fingerprint density at radius 2 is 2.00 bits per heavy atom. The topological polar surface area (TPSA) is 66.8 Å². The minimum Gasteiger partial charge on any atom is -0.479 e. The van der Waals surface area contributed by atoms with E-state index in [4.69, 9.17) is 5.11 Å². The van der Waals surface area contributed by atoms with Gasteiger partial charge in [0.1, 0.15) is 11.6 Å². The number of alkyl halides is 2. The van der Waals surface area contributed by atoms with Gasteiger partial charge in [-0.15, -0.1) is 0 Å². The van der Waals surface area contributed by atoms with Gasteiger partial charge in [0.25, 0.3) is 0 Å². The predicted octanol–water partition coefficient (Wildman–Crippen LogP) is 1.85. The van der Waals surface area contributed by atoms with E-state index in [1.165, 1.54) is 6.92 Å². The lowest BCUT2D eigenvalue weighted by atomic mass is 10.0. The molecule has 7 heteroatoms. The van der Waals surface area contributed by atoms with Crippen LogP contribution in [0.3, 0.4) is 0 Å². The molecule has 0 heterocycles. The minimum absolute atomic E-state index is 0.180. The Balaban J connectivity index is 3.24. The SMILES string of the molecule is Cc1c(OC(F)F)ccc(F)c1C(O)C(=O)O. The lowest BCUT2D eigenvalue weighted by Crippen LogP contribution is -2.15. The van der Waals surface area contributed by atoms with E-state index in [9.17, 15) is 23.1 Å². The Hall–Kier alpha value is -1.76. The molecule has 0 aliphatic rings. The third-order valence-electron chi connectivity index (χ3n) is 2.14. The molecule has 0 radical (unpaired) electrons. The van der Waals surface area contributed by atoms with Gasteiger partial charge in [0, 0.05) is 11.1 Å². The number of hydrogen-bond acceptors (Lipinski definition) is 3. The van der Waals surface area contributed by atoms with Crippen molar-refractivity contribution >= 4 is 5.97 Å². The molecule has 0 saturated heterocycles. The summed E-state index contributed by atoms with van der Waals surface area (Å²) in [7, 11) is 0. The van der Waals surface area contributed by atoms with Gasteiger partial charge >= 0.3 is 12.6 Å². The van der Waals surface area contributed by atoms with Crippen molar-refractivity contribution in [3.05, 3.63) is 29.1 Å². The second-order valence-corrected chi connectivity index (χ2v) is 3.20. The third kappa shape index (κ3) is 2.88. The van der Waals surface area contributed by atoms with Crippen LogP contribution in [0, 0.1) is 12.7 Å². The van der Waals surface area contributed by atoms with Gasteiger partial charge < -0.3 is 14.9 Å². The maximum absolute atomic E-state index is 13.3. The number of carbonyl (C=O) groups is 1. The first-order valence-corrected chi connectivity index (χ1v) is 4.49. The highest BCUT2D eigenvalue weighted by atomic mass is 19.3. The average molecular weight is 250 g/mol. The summed E-state index contributed by atoms with van der Waals surface area (Å²) in [5.41, 5.74) is -0.768. The van der Waals surface area contributed by atoms with E-state index < -0.39 is 30.1 Å². The molecular formula is C10H9F3O4. The molecule has 94 valence electrons. The Morgan fingerprint density at radius 3 is 2.47 bits per heavy atom. The molecule has 0 aliphatic carbocycles. The minimum atomic E-state index is -3.12. The quantitative estimate of drug-likeness (QED) is 0.855. The molecule has 0 amide bonds. The molecule has 1 aromatic carbocycles. The number of carboxylic acid groups (broad SMARTS) is 1. The number of aliphatic hydroxyl groups excluding tert-OH is 1. The van der Waals surface area contributed by atoms with Crippen LogP contribution < -0.4 is 4.74 Å². The molecule has 0 saturated carbocycles. The lowest BCUT2D eigenvalue weighted by molar-refractivity contribution is -0.147. The first-order valence-electron chi connectivity index (χ1n) is 4.49. The predicted molar refractivity (Wildman–Crippen MR) is 50.4 cm³/mol. The summed E-state index contributed by atoms with van der Waals surface area (Å²) >= 11 is 0. The Bertz CT molecular complexity index is 434. The van der Waals surface area contributed by atoms with E-state index >= 15 is 0 Å². The first-order chi connectivity index (χ1) is 7.84. The fourth-order valence-electron chi connectivity index (χ4n) is 1.36. The van der Waals surface area contributed by atoms with Crippen LogP contribution in [0.5, 0.6) is 5.75 Å². The van der Waals surface area contributed by atoms with Crippen molar-refractivity contribution < 1.29 is 32.9 Å². The van der Waals surface area contributed by atoms with E-state index in [0.717, 1.165) is 12.1 Å². The Morgan fingerprint density at radius 1 is 1.41 bits per heavy atom. The molecule has 0 spiro atoms. The number of hydrogen-bond donors (Lipinski definition) is 2. The maximum Gasteiger partial charge on any atom is 0.387 e. The highest BCUT2D eigenvalue weighted by Gasteiger charge is 2.24. The van der Waals surface area contributed by atoms with Crippen molar-refractivity contribution in [1.82, 2.24) is 0 Å². The molecule has 1 aromatic rings. The zero-order chi connectivity index (χ0) is 13.2. The summed E-state index contributed by atoms with van der Waals surface area (Å²) in [4.78, 5) is 10.5. The number of ether oxygens (including phenoxy) is 1. The second-order valence-electron chi connectivity index (χ2n) is 3.20. The number of rotatable bonds is 4. The summed E-state index contributed by atoms with van der Waals surface area (Å²) in [5, 5.41) is 17.8. The average Bonchev–Trinajstić information content (AvgIpc) is 2.21. The Kier molecular flexibility index (Phi) is 3.95. The van der Waals surface area contributed by atoms with Crippen LogP contribution in [0.2, 0.25) is 0 Å². The van der Waals surface area contributed by atoms with Gasteiger partial charge in [-0.05, 0) is 19.1 Å². The first kappa shape index (κ1) is 13.3. The van der Waals surface area contributed by atoms with Crippen LogP contribution >= 0.6 is 0 Å². The van der Waals surface area contributed by atoms with E-state index in [2.05, 4.69) is 4.74 Å². The number of aliphatic hydroxyl groups is 1. The molecule has 1 atom stereocenters. The van der Waals surface area contributed by atoms with Crippen molar-refractivity contribution in [1.29, 1.82) is 0 Å². The van der Waals surface area contributed by atoms with Crippen molar-refractivity contribution in [3.63, 3.8) is 0 Å². The highest BCUT2D eigenvalue weighted by molar-refractivity contribution is 5.75. The van der Waals surface area contributed by atoms with Crippen molar-refractivity contribution in [2.75, 3.05) is 0 Å². The van der Waals surface area contributed by atoms with Crippen molar-refractivity contribution in [3.8, 4) is 5.75 Å². The van der Waals surface area contributed by atoms with Crippen LogP contribution in [0.1, 0.15) is 17.2 Å². The van der Waals surface area contributed by atoms with Crippen molar-refractivity contribution in [2.24, 2.45) is 0 Å². The van der Waals surface area contributed by atoms with E-state index in [0.29, 0.717) is 0 Å². The smallest absolute Gasteiger partial charge is 0.387 e. The highest BCUT2D eigenvalue weighted by Crippen LogP contribution is 2.30. The molecule has 0 fully saturated rings. The van der Waals surface area contributed by atoms with E-state index in [-0.39, 0.29) is 11.3 Å². The fraction of sp³-hybridized carbons (Fsp3) is 0.300. The standard InChI is InChI=1S/C10H9F3O4/c1-4-6(17-10(12)13)3-2-5(11)7(4)8(14)9(15)16/h2-3,8,10,14H,1H3,(H,15,16). The van der Waals surface area contributed by atoms with Crippen LogP contribution in [0.25, 0.3) is 0 Å². The zero-order valence-corrected chi connectivity index (χ0v) is 8.65. The summed E-state index contributed by atoms with van der Waals surface area (Å²) in [5.74, 6) is -3.06. The van der Waals surface area contributed by atoms with Gasteiger partial charge in [-0.3, -0.25) is 0 Å². The second kappa shape index (κ2) is 5.05. The van der Waals surface area contributed by atoms with Gasteiger partial charge in [0.05, 0.1) is 0 Å². The van der Waals surface area contributed by atoms with Gasteiger partial charge in [0.2, 0.25) is 0 Å². The van der Waals surface area contributed by atoms with Gasteiger partial charge in [-0.1, -0.05) is 0 Å². The molecule has 1 unspecified atom stereocenters. The maximum atomic E-state index is 13.3. The fourth-order valence-corrected chi connectivity index (χ4v) is 1.36. The van der Waals surface area contributed by atoms with Crippen LogP contribution in [-0.4, -0.2) is 22.8 Å². The number of benzene rings is 1. The third-order valence-corrected chi connectivity index (χ3v) is 2.14. The zero-order valence-electron chi connectivity index (χ0n) is 8.65. The lowest BCUT2D eigenvalue weighted by Gasteiger charge is -2.14. The van der Waals surface area contributed by atoms with Gasteiger partial charge in [-0.2, -0.15) is 8.78 Å². The molecule has 17 heavy (non-hydrogen) atoms. The van der Waals surface area contributed by atoms with E-state index in [1.807, 2.05) is 0 Å². The number of aliphatic carboxylic acids is 1. The molecule has 0 aliphatic heterocycles. The number of halogens is 3. The molecule has 0 bridgehead atoms.